The number of likely N-dealkylation sites (tertiary alicyclic amines) is 1. The molecule has 2 aliphatic rings. The second-order valence-electron chi connectivity index (χ2n) is 10.6. The highest BCUT2D eigenvalue weighted by Crippen LogP contribution is 2.43. The van der Waals surface area contributed by atoms with E-state index in [-0.39, 0.29) is 36.7 Å². The number of H-pyrrole nitrogens is 1. The number of aromatic nitrogens is 1. The van der Waals surface area contributed by atoms with Gasteiger partial charge in [0.15, 0.2) is 0 Å². The van der Waals surface area contributed by atoms with Crippen LogP contribution in [-0.4, -0.2) is 77.2 Å². The summed E-state index contributed by atoms with van der Waals surface area (Å²) in [4.78, 5) is 7.09. The first kappa shape index (κ1) is 26.0. The number of ether oxygens (including phenoxy) is 1. The fraction of sp³-hybridized carbons (Fsp3) is 0.500. The molecule has 3 heterocycles. The lowest BCUT2D eigenvalue weighted by Crippen LogP contribution is -2.53. The zero-order valence-electron chi connectivity index (χ0n) is 21.1. The monoisotopic (exact) mass is 519 g/mol. The Morgan fingerprint density at radius 2 is 1.86 bits per heavy atom. The zero-order valence-corrected chi connectivity index (χ0v) is 21.1. The maximum Gasteiger partial charge on any atom is 0.143 e. The number of hydrogen-bond donors (Lipinski definition) is 2. The van der Waals surface area contributed by atoms with E-state index in [1.165, 1.54) is 19.1 Å². The molecule has 0 aliphatic carbocycles. The van der Waals surface area contributed by atoms with Gasteiger partial charge >= 0.3 is 0 Å². The van der Waals surface area contributed by atoms with Crippen LogP contribution in [0.3, 0.4) is 0 Å². The van der Waals surface area contributed by atoms with Crippen LogP contribution in [0.15, 0.2) is 36.4 Å². The molecule has 3 atom stereocenters. The number of para-hydroxylation sites is 1. The molecule has 5 nitrogen and oxygen atoms in total. The second-order valence-corrected chi connectivity index (χ2v) is 10.6. The van der Waals surface area contributed by atoms with Crippen molar-refractivity contribution < 1.29 is 27.4 Å². The van der Waals surface area contributed by atoms with E-state index < -0.39 is 30.0 Å². The third kappa shape index (κ3) is 5.09. The van der Waals surface area contributed by atoms with Gasteiger partial charge in [0.1, 0.15) is 29.2 Å². The third-order valence-corrected chi connectivity index (χ3v) is 7.52. The zero-order chi connectivity index (χ0) is 26.3. The third-order valence-electron chi connectivity index (χ3n) is 7.52. The lowest BCUT2D eigenvalue weighted by molar-refractivity contribution is 0.0151. The molecule has 0 amide bonds. The molecular formula is C28H33F4N3O2. The van der Waals surface area contributed by atoms with Crippen LogP contribution in [0.1, 0.15) is 43.1 Å². The van der Waals surface area contributed by atoms with E-state index in [0.717, 1.165) is 16.5 Å². The van der Waals surface area contributed by atoms with E-state index in [4.69, 9.17) is 4.74 Å². The molecule has 1 saturated heterocycles. The van der Waals surface area contributed by atoms with Crippen LogP contribution in [0.4, 0.5) is 17.6 Å². The van der Waals surface area contributed by atoms with Crippen LogP contribution in [0.5, 0.6) is 5.75 Å². The minimum absolute atomic E-state index is 0.0897. The topological polar surface area (TPSA) is 51.7 Å². The number of aliphatic hydroxyl groups is 1. The molecule has 0 spiro atoms. The SMILES string of the molecule is C[C@@H]1Cc2c([nH]c3ccccc23)C(c2c(F)cc(OC3CN(CCCF)C3)cc2F)N1C[C@@](C)(F)CO. The lowest BCUT2D eigenvalue weighted by atomic mass is 9.87. The molecule has 5 rings (SSSR count). The van der Waals surface area contributed by atoms with Crippen molar-refractivity contribution in [3.8, 4) is 5.75 Å². The van der Waals surface area contributed by atoms with Crippen molar-refractivity contribution in [1.82, 2.24) is 14.8 Å². The summed E-state index contributed by atoms with van der Waals surface area (Å²) in [6.45, 7) is 3.69. The molecule has 2 aliphatic heterocycles. The Kier molecular flexibility index (Phi) is 7.22. The van der Waals surface area contributed by atoms with Gasteiger partial charge in [-0.05, 0) is 38.3 Å². The number of nitrogens with zero attached hydrogens (tertiary/aromatic N) is 2. The molecule has 2 N–H and O–H groups in total. The molecule has 2 aromatic carbocycles. The Labute approximate surface area is 214 Å². The van der Waals surface area contributed by atoms with Crippen LogP contribution < -0.4 is 4.74 Å². The predicted octanol–water partition coefficient (Wildman–Crippen LogP) is 4.93. The van der Waals surface area contributed by atoms with Gasteiger partial charge in [-0.1, -0.05) is 18.2 Å². The van der Waals surface area contributed by atoms with Gasteiger partial charge in [-0.2, -0.15) is 0 Å². The summed E-state index contributed by atoms with van der Waals surface area (Å²) in [6.07, 6.45) is 0.806. The van der Waals surface area contributed by atoms with Gasteiger partial charge in [-0.15, -0.1) is 0 Å². The van der Waals surface area contributed by atoms with Crippen LogP contribution in [0.2, 0.25) is 0 Å². The minimum atomic E-state index is -1.95. The standard InChI is InChI=1S/C28H33F4N3O2/c1-17-10-21-20-6-3-4-7-24(20)33-26(21)27(35(17)15-28(2,32)16-36)25-22(30)11-18(12-23(25)31)37-19-13-34(14-19)9-5-8-29/h3-4,6-7,11-12,17,19,27,33,36H,5,8-10,13-16H2,1-2H3/t17-,27?,28-/m1/s1. The molecule has 1 unspecified atom stereocenters. The van der Waals surface area contributed by atoms with Gasteiger partial charge in [-0.3, -0.25) is 14.2 Å². The van der Waals surface area contributed by atoms with Crippen molar-refractivity contribution in [1.29, 1.82) is 0 Å². The number of fused-ring (bicyclic) bond motifs is 3. The highest BCUT2D eigenvalue weighted by molar-refractivity contribution is 5.85. The molecule has 0 bridgehead atoms. The van der Waals surface area contributed by atoms with Gasteiger partial charge in [-0.25, -0.2) is 13.2 Å². The van der Waals surface area contributed by atoms with Gasteiger partial charge in [0.05, 0.1) is 19.3 Å². The number of rotatable bonds is 9. The van der Waals surface area contributed by atoms with Gasteiger partial charge < -0.3 is 14.8 Å². The van der Waals surface area contributed by atoms with E-state index >= 15 is 13.2 Å². The lowest BCUT2D eigenvalue weighted by Gasteiger charge is -2.43. The average molecular weight is 520 g/mol. The number of aliphatic hydroxyl groups excluding tert-OH is 1. The van der Waals surface area contributed by atoms with E-state index in [2.05, 4.69) is 4.98 Å². The molecular weight excluding hydrogens is 486 g/mol. The van der Waals surface area contributed by atoms with Gasteiger partial charge in [0.2, 0.25) is 0 Å². The van der Waals surface area contributed by atoms with E-state index in [0.29, 0.717) is 38.2 Å². The van der Waals surface area contributed by atoms with E-state index in [9.17, 15) is 9.50 Å². The second kappa shape index (κ2) is 10.3. The van der Waals surface area contributed by atoms with Crippen molar-refractivity contribution in [3.63, 3.8) is 0 Å². The molecule has 0 saturated carbocycles. The number of halogens is 4. The Balaban J connectivity index is 1.50. The van der Waals surface area contributed by atoms with E-state index in [1.807, 2.05) is 36.1 Å². The highest BCUT2D eigenvalue weighted by atomic mass is 19.1. The smallest absolute Gasteiger partial charge is 0.143 e. The van der Waals surface area contributed by atoms with Crippen molar-refractivity contribution >= 4 is 10.9 Å². The summed E-state index contributed by atoms with van der Waals surface area (Å²) in [6, 6.07) is 8.89. The Hall–Kier alpha value is -2.62. The quantitative estimate of drug-likeness (QED) is 0.394. The molecule has 3 aromatic rings. The molecule has 9 heteroatoms. The Morgan fingerprint density at radius 1 is 1.16 bits per heavy atom. The van der Waals surface area contributed by atoms with E-state index in [1.54, 1.807) is 4.90 Å². The first-order chi connectivity index (χ1) is 17.7. The Morgan fingerprint density at radius 3 is 2.54 bits per heavy atom. The molecule has 1 fully saturated rings. The number of hydrogen-bond acceptors (Lipinski definition) is 4. The van der Waals surface area contributed by atoms with Gasteiger partial charge in [0, 0.05) is 66.5 Å². The first-order valence-corrected chi connectivity index (χ1v) is 12.8. The number of alkyl halides is 2. The summed E-state index contributed by atoms with van der Waals surface area (Å²) in [5.74, 6) is -1.46. The number of benzene rings is 2. The van der Waals surface area contributed by atoms with Crippen molar-refractivity contribution in [3.05, 3.63) is 64.9 Å². The summed E-state index contributed by atoms with van der Waals surface area (Å²) in [7, 11) is 0. The maximum atomic E-state index is 15.7. The molecule has 200 valence electrons. The molecule has 1 aromatic heterocycles. The maximum absolute atomic E-state index is 15.7. The van der Waals surface area contributed by atoms with Crippen molar-refractivity contribution in [2.24, 2.45) is 0 Å². The van der Waals surface area contributed by atoms with Crippen molar-refractivity contribution in [2.45, 2.75) is 50.5 Å². The van der Waals surface area contributed by atoms with Crippen LogP contribution >= 0.6 is 0 Å². The van der Waals surface area contributed by atoms with Crippen LogP contribution in [0, 0.1) is 11.6 Å². The first-order valence-electron chi connectivity index (χ1n) is 12.8. The molecule has 0 radical (unpaired) electrons. The minimum Gasteiger partial charge on any atom is -0.488 e. The number of aromatic amines is 1. The molecule has 37 heavy (non-hydrogen) atoms. The number of nitrogens with one attached hydrogen (secondary N) is 1. The van der Waals surface area contributed by atoms with Gasteiger partial charge in [0.25, 0.3) is 0 Å². The van der Waals surface area contributed by atoms with Crippen LogP contribution in [-0.2, 0) is 6.42 Å². The average Bonchev–Trinajstić information content (AvgIpc) is 3.19. The summed E-state index contributed by atoms with van der Waals surface area (Å²) >= 11 is 0. The highest BCUT2D eigenvalue weighted by Gasteiger charge is 2.42. The summed E-state index contributed by atoms with van der Waals surface area (Å²) in [5, 5.41) is 10.6. The summed E-state index contributed by atoms with van der Waals surface area (Å²) in [5.41, 5.74) is 0.292. The van der Waals surface area contributed by atoms with Crippen LogP contribution in [0.25, 0.3) is 10.9 Å². The largest absolute Gasteiger partial charge is 0.488 e. The fourth-order valence-electron chi connectivity index (χ4n) is 5.64. The Bertz CT molecular complexity index is 1230. The fourth-order valence-corrected chi connectivity index (χ4v) is 5.64. The van der Waals surface area contributed by atoms with Crippen molar-refractivity contribution in [2.75, 3.05) is 39.5 Å². The summed E-state index contributed by atoms with van der Waals surface area (Å²) < 4.78 is 64.7. The predicted molar refractivity (Wildman–Crippen MR) is 134 cm³/mol. The normalized spacial score (nSPS) is 22.6.